The van der Waals surface area contributed by atoms with Gasteiger partial charge in [-0.2, -0.15) is 0 Å². The molecule has 0 saturated carbocycles. The van der Waals surface area contributed by atoms with Crippen LogP contribution in [0.1, 0.15) is 6.92 Å². The third-order valence-electron chi connectivity index (χ3n) is 3.38. The zero-order valence-corrected chi connectivity index (χ0v) is 12.0. The van der Waals surface area contributed by atoms with E-state index in [-0.39, 0.29) is 5.91 Å². The summed E-state index contributed by atoms with van der Waals surface area (Å²) < 4.78 is 5.35. The Labute approximate surface area is 127 Å². The summed E-state index contributed by atoms with van der Waals surface area (Å²) in [7, 11) is 0. The lowest BCUT2D eigenvalue weighted by Gasteiger charge is -2.19. The van der Waals surface area contributed by atoms with Crippen LogP contribution in [0.2, 0.25) is 0 Å². The zero-order chi connectivity index (χ0) is 16.3. The number of ether oxygens (including phenoxy) is 1. The minimum absolute atomic E-state index is 0.181. The van der Waals surface area contributed by atoms with Crippen LogP contribution in [0.3, 0.4) is 0 Å². The van der Waals surface area contributed by atoms with Crippen LogP contribution in [-0.4, -0.2) is 63.6 Å². The first kappa shape index (κ1) is 16.7. The van der Waals surface area contributed by atoms with Gasteiger partial charge in [0.2, 0.25) is 5.91 Å². The van der Waals surface area contributed by atoms with Crippen molar-refractivity contribution in [2.24, 2.45) is 0 Å². The highest BCUT2D eigenvalue weighted by molar-refractivity contribution is 5.88. The third kappa shape index (κ3) is 3.73. The van der Waals surface area contributed by atoms with E-state index in [1.54, 1.807) is 24.3 Å². The molecule has 1 saturated heterocycles. The molecule has 1 aliphatic heterocycles. The first-order valence-electron chi connectivity index (χ1n) is 6.87. The first-order chi connectivity index (χ1) is 10.4. The second-order valence-corrected chi connectivity index (χ2v) is 5.16. The van der Waals surface area contributed by atoms with E-state index in [0.29, 0.717) is 11.4 Å². The van der Waals surface area contributed by atoms with Crippen LogP contribution in [-0.2, 0) is 9.53 Å². The third-order valence-corrected chi connectivity index (χ3v) is 3.38. The largest absolute Gasteiger partial charge is 0.394 e. The van der Waals surface area contributed by atoms with Crippen molar-refractivity contribution in [2.75, 3.05) is 17.2 Å². The van der Waals surface area contributed by atoms with Crippen molar-refractivity contribution in [3.8, 4) is 0 Å². The Kier molecular flexibility index (Phi) is 5.33. The summed E-state index contributed by atoms with van der Waals surface area (Å²) in [6.07, 6.45) is -5.83. The van der Waals surface area contributed by atoms with Crippen molar-refractivity contribution in [3.63, 3.8) is 0 Å². The summed E-state index contributed by atoms with van der Waals surface area (Å²) in [4.78, 5) is 10.9. The summed E-state index contributed by atoms with van der Waals surface area (Å²) >= 11 is 0. The summed E-state index contributed by atoms with van der Waals surface area (Å²) in [6, 6.07) is 6.68. The lowest BCUT2D eigenvalue weighted by molar-refractivity contribution is -0.114. The van der Waals surface area contributed by atoms with E-state index >= 15 is 0 Å². The van der Waals surface area contributed by atoms with Gasteiger partial charge in [-0.1, -0.05) is 0 Å². The molecule has 1 aromatic rings. The molecule has 0 unspecified atom stereocenters. The standard InChI is InChI=1S/C14H20N2O6/c1-7(18)15-8-2-4-9(5-3-8)16-14-12(21)11(20)13(22-14)10(19)6-17/h2-5,10-14,16-17,19-21H,6H2,1H3,(H,15,18)/t10-,11+,12+,13+,14-/m1/s1. The maximum absolute atomic E-state index is 10.9. The van der Waals surface area contributed by atoms with Gasteiger partial charge in [0.25, 0.3) is 0 Å². The van der Waals surface area contributed by atoms with Gasteiger partial charge in [0.1, 0.15) is 24.4 Å². The van der Waals surface area contributed by atoms with Gasteiger partial charge in [-0.15, -0.1) is 0 Å². The SMILES string of the molecule is CC(=O)Nc1ccc(N[C@@H]2O[C@@H]([C@H](O)CO)[C@@H](O)[C@@H]2O)cc1. The van der Waals surface area contributed by atoms with Gasteiger partial charge in [0.05, 0.1) is 6.61 Å². The number of carbonyl (C=O) groups is 1. The molecule has 1 amide bonds. The molecule has 8 heteroatoms. The molecular formula is C14H20N2O6. The van der Waals surface area contributed by atoms with Gasteiger partial charge in [0, 0.05) is 18.3 Å². The second kappa shape index (κ2) is 7.03. The number of aliphatic hydroxyl groups excluding tert-OH is 4. The van der Waals surface area contributed by atoms with Gasteiger partial charge in [-0.25, -0.2) is 0 Å². The van der Waals surface area contributed by atoms with E-state index < -0.39 is 37.3 Å². The molecule has 0 aromatic heterocycles. The number of anilines is 2. The van der Waals surface area contributed by atoms with Crippen molar-refractivity contribution in [1.29, 1.82) is 0 Å². The molecule has 0 aliphatic carbocycles. The number of hydrogen-bond acceptors (Lipinski definition) is 7. The summed E-state index contributed by atoms with van der Waals surface area (Å²) in [5.74, 6) is -0.181. The second-order valence-electron chi connectivity index (χ2n) is 5.16. The molecule has 1 fully saturated rings. The average molecular weight is 312 g/mol. The number of carbonyl (C=O) groups excluding carboxylic acids is 1. The molecule has 1 aromatic carbocycles. The lowest BCUT2D eigenvalue weighted by atomic mass is 10.1. The Bertz CT molecular complexity index is 509. The maximum atomic E-state index is 10.9. The predicted molar refractivity (Wildman–Crippen MR) is 78.1 cm³/mol. The summed E-state index contributed by atoms with van der Waals surface area (Å²) in [6.45, 7) is 0.829. The fourth-order valence-corrected chi connectivity index (χ4v) is 2.26. The number of nitrogens with one attached hydrogen (secondary N) is 2. The van der Waals surface area contributed by atoms with Crippen molar-refractivity contribution in [1.82, 2.24) is 0 Å². The fourth-order valence-electron chi connectivity index (χ4n) is 2.26. The number of amides is 1. The van der Waals surface area contributed by atoms with Crippen LogP contribution >= 0.6 is 0 Å². The minimum atomic E-state index is -1.31. The Balaban J connectivity index is 2.00. The van der Waals surface area contributed by atoms with Crippen molar-refractivity contribution >= 4 is 17.3 Å². The Morgan fingerprint density at radius 2 is 1.82 bits per heavy atom. The molecule has 122 valence electrons. The van der Waals surface area contributed by atoms with E-state index in [0.717, 1.165) is 0 Å². The number of hydrogen-bond donors (Lipinski definition) is 6. The van der Waals surface area contributed by atoms with Crippen LogP contribution in [0.25, 0.3) is 0 Å². The van der Waals surface area contributed by atoms with E-state index in [1.165, 1.54) is 6.92 Å². The fraction of sp³-hybridized carbons (Fsp3) is 0.500. The zero-order valence-electron chi connectivity index (χ0n) is 12.0. The molecule has 5 atom stereocenters. The monoisotopic (exact) mass is 312 g/mol. The van der Waals surface area contributed by atoms with Gasteiger partial charge in [-0.3, -0.25) is 4.79 Å². The topological polar surface area (TPSA) is 131 Å². The van der Waals surface area contributed by atoms with Crippen LogP contribution in [0.4, 0.5) is 11.4 Å². The average Bonchev–Trinajstić information content (AvgIpc) is 2.76. The first-order valence-corrected chi connectivity index (χ1v) is 6.87. The van der Waals surface area contributed by atoms with Crippen LogP contribution in [0.5, 0.6) is 0 Å². The molecule has 6 N–H and O–H groups in total. The maximum Gasteiger partial charge on any atom is 0.221 e. The highest BCUT2D eigenvalue weighted by Crippen LogP contribution is 2.25. The molecule has 22 heavy (non-hydrogen) atoms. The van der Waals surface area contributed by atoms with E-state index in [9.17, 15) is 20.1 Å². The van der Waals surface area contributed by atoms with Gasteiger partial charge in [-0.05, 0) is 24.3 Å². The van der Waals surface area contributed by atoms with Crippen LogP contribution < -0.4 is 10.6 Å². The molecule has 2 rings (SSSR count). The molecule has 1 heterocycles. The number of aliphatic hydroxyl groups is 4. The molecule has 0 bridgehead atoms. The Morgan fingerprint density at radius 1 is 1.23 bits per heavy atom. The predicted octanol–water partition coefficient (Wildman–Crippen LogP) is -1.14. The summed E-state index contributed by atoms with van der Waals surface area (Å²) in [5, 5.41) is 43.7. The minimum Gasteiger partial charge on any atom is -0.394 e. The Morgan fingerprint density at radius 3 is 2.36 bits per heavy atom. The molecular weight excluding hydrogens is 292 g/mol. The molecule has 8 nitrogen and oxygen atoms in total. The van der Waals surface area contributed by atoms with E-state index in [4.69, 9.17) is 9.84 Å². The van der Waals surface area contributed by atoms with Crippen molar-refractivity contribution in [2.45, 2.75) is 37.6 Å². The number of rotatable bonds is 5. The lowest BCUT2D eigenvalue weighted by Crippen LogP contribution is -2.40. The van der Waals surface area contributed by atoms with Gasteiger partial charge < -0.3 is 35.8 Å². The number of benzene rings is 1. The highest BCUT2D eigenvalue weighted by Gasteiger charge is 2.45. The smallest absolute Gasteiger partial charge is 0.221 e. The normalized spacial score (nSPS) is 29.1. The van der Waals surface area contributed by atoms with E-state index in [2.05, 4.69) is 10.6 Å². The molecule has 1 aliphatic rings. The summed E-state index contributed by atoms with van der Waals surface area (Å²) in [5.41, 5.74) is 1.23. The van der Waals surface area contributed by atoms with Gasteiger partial charge >= 0.3 is 0 Å². The van der Waals surface area contributed by atoms with Crippen molar-refractivity contribution < 1.29 is 30.0 Å². The van der Waals surface area contributed by atoms with E-state index in [1.807, 2.05) is 0 Å². The molecule has 0 radical (unpaired) electrons. The quantitative estimate of drug-likeness (QED) is 0.405. The van der Waals surface area contributed by atoms with Crippen molar-refractivity contribution in [3.05, 3.63) is 24.3 Å². The highest BCUT2D eigenvalue weighted by atomic mass is 16.6. The Hall–Kier alpha value is -1.71. The van der Waals surface area contributed by atoms with Crippen LogP contribution in [0, 0.1) is 0 Å². The van der Waals surface area contributed by atoms with Gasteiger partial charge in [0.15, 0.2) is 6.23 Å². The van der Waals surface area contributed by atoms with Crippen LogP contribution in [0.15, 0.2) is 24.3 Å². The molecule has 0 spiro atoms.